The quantitative estimate of drug-likeness (QED) is 0.751. The predicted octanol–water partition coefficient (Wildman–Crippen LogP) is 2.68. The van der Waals surface area contributed by atoms with E-state index in [-0.39, 0.29) is 29.2 Å². The van der Waals surface area contributed by atoms with Crippen LogP contribution in [0.25, 0.3) is 0 Å². The molecule has 1 aromatic carbocycles. The van der Waals surface area contributed by atoms with Crippen LogP contribution in [0.1, 0.15) is 37.0 Å². The largest absolute Gasteiger partial charge is 0.507 e. The number of phenolic OH excluding ortho intramolecular Hbond substituents is 1. The number of nitrogens with one attached hydrogen (secondary N) is 1. The van der Waals surface area contributed by atoms with Crippen molar-refractivity contribution < 1.29 is 15.0 Å². The molecule has 0 bridgehead atoms. The number of amides is 1. The molecular weight excluding hydrogens is 310 g/mol. The maximum absolute atomic E-state index is 12.0. The summed E-state index contributed by atoms with van der Waals surface area (Å²) in [5, 5.41) is 21.9. The molecule has 0 saturated carbocycles. The van der Waals surface area contributed by atoms with Crippen LogP contribution in [0.15, 0.2) is 22.7 Å². The third kappa shape index (κ3) is 3.94. The lowest BCUT2D eigenvalue weighted by molar-refractivity contribution is 0.0849. The fourth-order valence-electron chi connectivity index (χ4n) is 1.84. The Labute approximate surface area is 122 Å². The molecule has 0 unspecified atom stereocenters. The van der Waals surface area contributed by atoms with Gasteiger partial charge >= 0.3 is 0 Å². The van der Waals surface area contributed by atoms with Crippen molar-refractivity contribution in [2.75, 3.05) is 13.2 Å². The van der Waals surface area contributed by atoms with Crippen LogP contribution in [0, 0.1) is 5.41 Å². The van der Waals surface area contributed by atoms with E-state index >= 15 is 0 Å². The number of aliphatic hydroxyl groups is 1. The van der Waals surface area contributed by atoms with Crippen LogP contribution in [0.5, 0.6) is 5.75 Å². The van der Waals surface area contributed by atoms with Gasteiger partial charge in [0.05, 0.1) is 12.2 Å². The molecule has 0 spiro atoms. The highest BCUT2D eigenvalue weighted by Gasteiger charge is 2.26. The first-order valence-corrected chi connectivity index (χ1v) is 7.15. The van der Waals surface area contributed by atoms with E-state index in [4.69, 9.17) is 0 Å². The van der Waals surface area contributed by atoms with Crippen LogP contribution in [-0.4, -0.2) is 29.3 Å². The summed E-state index contributed by atoms with van der Waals surface area (Å²) in [5.41, 5.74) is -0.0528. The molecule has 5 heteroatoms. The number of hydrogen-bond acceptors (Lipinski definition) is 3. The molecule has 106 valence electrons. The number of halogens is 1. The second kappa shape index (κ2) is 6.91. The van der Waals surface area contributed by atoms with Gasteiger partial charge in [0.25, 0.3) is 5.91 Å². The lowest BCUT2D eigenvalue weighted by Gasteiger charge is -2.29. The van der Waals surface area contributed by atoms with Gasteiger partial charge < -0.3 is 15.5 Å². The fourth-order valence-corrected chi connectivity index (χ4v) is 2.19. The van der Waals surface area contributed by atoms with Crippen molar-refractivity contribution in [3.63, 3.8) is 0 Å². The fraction of sp³-hybridized carbons (Fsp3) is 0.500. The van der Waals surface area contributed by atoms with E-state index in [2.05, 4.69) is 21.2 Å². The predicted molar refractivity (Wildman–Crippen MR) is 78.2 cm³/mol. The lowest BCUT2D eigenvalue weighted by atomic mass is 9.83. The Bertz CT molecular complexity index is 436. The zero-order valence-electron chi connectivity index (χ0n) is 11.2. The molecule has 1 aromatic rings. The Morgan fingerprint density at radius 3 is 2.47 bits per heavy atom. The molecule has 1 amide bonds. The van der Waals surface area contributed by atoms with Crippen molar-refractivity contribution in [3.8, 4) is 5.75 Å². The summed E-state index contributed by atoms with van der Waals surface area (Å²) in [6, 6.07) is 4.74. The van der Waals surface area contributed by atoms with Gasteiger partial charge in [-0.2, -0.15) is 0 Å². The SMILES string of the molecule is CCC(CC)(CO)CNC(=O)c1ccc(Br)cc1O. The Hall–Kier alpha value is -1.07. The summed E-state index contributed by atoms with van der Waals surface area (Å²) in [6.45, 7) is 4.41. The smallest absolute Gasteiger partial charge is 0.255 e. The number of carbonyl (C=O) groups is 1. The number of phenols is 1. The minimum Gasteiger partial charge on any atom is -0.507 e. The van der Waals surface area contributed by atoms with E-state index < -0.39 is 0 Å². The number of hydrogen-bond donors (Lipinski definition) is 3. The zero-order valence-corrected chi connectivity index (χ0v) is 12.8. The summed E-state index contributed by atoms with van der Waals surface area (Å²) < 4.78 is 0.716. The van der Waals surface area contributed by atoms with Crippen molar-refractivity contribution in [2.24, 2.45) is 5.41 Å². The van der Waals surface area contributed by atoms with Crippen LogP contribution in [0.4, 0.5) is 0 Å². The summed E-state index contributed by atoms with van der Waals surface area (Å²) >= 11 is 3.22. The molecule has 19 heavy (non-hydrogen) atoms. The second-order valence-electron chi connectivity index (χ2n) is 4.71. The molecule has 4 nitrogen and oxygen atoms in total. The molecule has 3 N–H and O–H groups in total. The van der Waals surface area contributed by atoms with Gasteiger partial charge in [-0.05, 0) is 31.0 Å². The number of aromatic hydroxyl groups is 1. The molecule has 0 atom stereocenters. The molecular formula is C14H20BrNO3. The van der Waals surface area contributed by atoms with Gasteiger partial charge in [0.15, 0.2) is 0 Å². The van der Waals surface area contributed by atoms with Crippen LogP contribution in [0.3, 0.4) is 0 Å². The van der Waals surface area contributed by atoms with Gasteiger partial charge in [-0.15, -0.1) is 0 Å². The van der Waals surface area contributed by atoms with Crippen LogP contribution >= 0.6 is 15.9 Å². The first kappa shape index (κ1) is 16.0. The van der Waals surface area contributed by atoms with Gasteiger partial charge in [-0.3, -0.25) is 4.79 Å². The minimum atomic E-state index is -0.329. The van der Waals surface area contributed by atoms with Crippen molar-refractivity contribution in [1.29, 1.82) is 0 Å². The van der Waals surface area contributed by atoms with E-state index in [1.54, 1.807) is 12.1 Å². The van der Waals surface area contributed by atoms with Crippen molar-refractivity contribution in [3.05, 3.63) is 28.2 Å². The maximum Gasteiger partial charge on any atom is 0.255 e. The van der Waals surface area contributed by atoms with Crippen molar-refractivity contribution in [2.45, 2.75) is 26.7 Å². The van der Waals surface area contributed by atoms with Gasteiger partial charge in [-0.25, -0.2) is 0 Å². The topological polar surface area (TPSA) is 69.6 Å². The summed E-state index contributed by atoms with van der Waals surface area (Å²) in [7, 11) is 0. The molecule has 1 rings (SSSR count). The first-order valence-electron chi connectivity index (χ1n) is 6.35. The van der Waals surface area contributed by atoms with Crippen molar-refractivity contribution in [1.82, 2.24) is 5.32 Å². The summed E-state index contributed by atoms with van der Waals surface area (Å²) in [6.07, 6.45) is 1.57. The third-order valence-corrected chi connectivity index (χ3v) is 4.16. The Morgan fingerprint density at radius 1 is 1.37 bits per heavy atom. The Balaban J connectivity index is 2.75. The van der Waals surface area contributed by atoms with E-state index in [0.717, 1.165) is 12.8 Å². The number of aliphatic hydroxyl groups excluding tert-OH is 1. The number of benzene rings is 1. The van der Waals surface area contributed by atoms with Gasteiger partial charge in [0, 0.05) is 16.4 Å². The molecule has 0 saturated heterocycles. The average Bonchev–Trinajstić information content (AvgIpc) is 2.40. The van der Waals surface area contributed by atoms with E-state index in [9.17, 15) is 15.0 Å². The molecule has 0 heterocycles. The summed E-state index contributed by atoms with van der Waals surface area (Å²) in [4.78, 5) is 12.0. The van der Waals surface area contributed by atoms with E-state index in [1.807, 2.05) is 13.8 Å². The first-order chi connectivity index (χ1) is 8.98. The maximum atomic E-state index is 12.0. The lowest BCUT2D eigenvalue weighted by Crippen LogP contribution is -2.39. The highest BCUT2D eigenvalue weighted by Crippen LogP contribution is 2.26. The standard InChI is InChI=1S/C14H20BrNO3/c1-3-14(4-2,9-17)8-16-13(19)11-6-5-10(15)7-12(11)18/h5-7,17-18H,3-4,8-9H2,1-2H3,(H,16,19). The minimum absolute atomic E-state index is 0.0343. The zero-order chi connectivity index (χ0) is 14.5. The van der Waals surface area contributed by atoms with Crippen molar-refractivity contribution >= 4 is 21.8 Å². The Morgan fingerprint density at radius 2 is 2.00 bits per heavy atom. The number of rotatable bonds is 6. The normalized spacial score (nSPS) is 11.4. The van der Waals surface area contributed by atoms with Gasteiger partial charge in [0.1, 0.15) is 5.75 Å². The Kier molecular flexibility index (Phi) is 5.82. The molecule has 0 aliphatic rings. The molecule has 0 radical (unpaired) electrons. The molecule has 0 fully saturated rings. The number of carbonyl (C=O) groups excluding carboxylic acids is 1. The highest BCUT2D eigenvalue weighted by atomic mass is 79.9. The third-order valence-electron chi connectivity index (χ3n) is 3.66. The molecule has 0 aromatic heterocycles. The van der Waals surface area contributed by atoms with Gasteiger partial charge in [0.2, 0.25) is 0 Å². The van der Waals surface area contributed by atoms with E-state index in [0.29, 0.717) is 11.0 Å². The molecule has 0 aliphatic heterocycles. The van der Waals surface area contributed by atoms with Crippen LogP contribution in [-0.2, 0) is 0 Å². The summed E-state index contributed by atoms with van der Waals surface area (Å²) in [5.74, 6) is -0.390. The van der Waals surface area contributed by atoms with E-state index in [1.165, 1.54) is 6.07 Å². The van der Waals surface area contributed by atoms with Crippen LogP contribution < -0.4 is 5.32 Å². The average molecular weight is 330 g/mol. The second-order valence-corrected chi connectivity index (χ2v) is 5.63. The highest BCUT2D eigenvalue weighted by molar-refractivity contribution is 9.10. The van der Waals surface area contributed by atoms with Gasteiger partial charge in [-0.1, -0.05) is 29.8 Å². The monoisotopic (exact) mass is 329 g/mol. The van der Waals surface area contributed by atoms with Crippen LogP contribution in [0.2, 0.25) is 0 Å². The molecule has 0 aliphatic carbocycles.